The third-order valence-electron chi connectivity index (χ3n) is 2.18. The first kappa shape index (κ1) is 13.1. The Hall–Kier alpha value is -1.00. The van der Waals surface area contributed by atoms with Crippen LogP contribution in [-0.2, 0) is 16.1 Å². The highest BCUT2D eigenvalue weighted by Gasteiger charge is 2.05. The number of thioether (sulfide) groups is 1. The van der Waals surface area contributed by atoms with E-state index in [9.17, 15) is 9.90 Å². The number of methoxy groups -OCH3 is 1. The monoisotopic (exact) mass is 240 g/mol. The molecule has 0 atom stereocenters. The Morgan fingerprint density at radius 1 is 1.50 bits per heavy atom. The molecule has 0 bridgehead atoms. The Bertz CT molecular complexity index is 363. The largest absolute Gasteiger partial charge is 0.469 e. The van der Waals surface area contributed by atoms with Gasteiger partial charge in [0.1, 0.15) is 0 Å². The van der Waals surface area contributed by atoms with Gasteiger partial charge >= 0.3 is 5.97 Å². The summed E-state index contributed by atoms with van der Waals surface area (Å²) < 4.78 is 4.56. The van der Waals surface area contributed by atoms with Crippen LogP contribution in [-0.4, -0.2) is 23.9 Å². The fourth-order valence-electron chi connectivity index (χ4n) is 1.32. The highest BCUT2D eigenvalue weighted by Crippen LogP contribution is 2.24. The lowest BCUT2D eigenvalue weighted by molar-refractivity contribution is -0.140. The molecule has 0 saturated heterocycles. The van der Waals surface area contributed by atoms with Gasteiger partial charge in [0.2, 0.25) is 0 Å². The van der Waals surface area contributed by atoms with E-state index in [1.807, 2.05) is 25.1 Å². The van der Waals surface area contributed by atoms with Crippen molar-refractivity contribution in [3.63, 3.8) is 0 Å². The molecule has 0 aliphatic carbocycles. The first-order valence-electron chi connectivity index (χ1n) is 5.07. The van der Waals surface area contributed by atoms with E-state index in [1.165, 1.54) is 7.11 Å². The summed E-state index contributed by atoms with van der Waals surface area (Å²) >= 11 is 1.56. The fraction of sp³-hybridized carbons (Fsp3) is 0.417. The zero-order valence-corrected chi connectivity index (χ0v) is 10.3. The van der Waals surface area contributed by atoms with Gasteiger partial charge in [-0.05, 0) is 18.6 Å². The number of benzene rings is 1. The number of esters is 1. The predicted molar refractivity (Wildman–Crippen MR) is 64.5 cm³/mol. The van der Waals surface area contributed by atoms with Gasteiger partial charge in [0.15, 0.2) is 0 Å². The van der Waals surface area contributed by atoms with Crippen LogP contribution >= 0.6 is 11.8 Å². The number of aliphatic hydroxyl groups is 1. The van der Waals surface area contributed by atoms with E-state index in [2.05, 4.69) is 4.74 Å². The van der Waals surface area contributed by atoms with Gasteiger partial charge in [-0.2, -0.15) is 0 Å². The number of ether oxygens (including phenoxy) is 1. The molecule has 4 heteroatoms. The molecule has 0 fully saturated rings. The number of carbonyl (C=O) groups excluding carboxylic acids is 1. The summed E-state index contributed by atoms with van der Waals surface area (Å²) in [5.41, 5.74) is 2.04. The highest BCUT2D eigenvalue weighted by atomic mass is 32.2. The summed E-state index contributed by atoms with van der Waals surface area (Å²) in [6.45, 7) is 2.02. The first-order chi connectivity index (χ1) is 7.67. The molecule has 1 rings (SSSR count). The molecular weight excluding hydrogens is 224 g/mol. The van der Waals surface area contributed by atoms with Crippen LogP contribution < -0.4 is 0 Å². The number of hydrogen-bond acceptors (Lipinski definition) is 4. The smallest absolute Gasteiger partial charge is 0.306 e. The molecule has 0 unspecified atom stereocenters. The van der Waals surface area contributed by atoms with E-state index in [-0.39, 0.29) is 12.6 Å². The van der Waals surface area contributed by atoms with Crippen LogP contribution in [0.2, 0.25) is 0 Å². The highest BCUT2D eigenvalue weighted by molar-refractivity contribution is 7.99. The summed E-state index contributed by atoms with van der Waals surface area (Å²) in [4.78, 5) is 12.0. The first-order valence-corrected chi connectivity index (χ1v) is 6.06. The molecule has 3 nitrogen and oxygen atoms in total. The second-order valence-corrected chi connectivity index (χ2v) is 4.58. The normalized spacial score (nSPS) is 10.2. The van der Waals surface area contributed by atoms with E-state index < -0.39 is 0 Å². The maximum absolute atomic E-state index is 10.9. The van der Waals surface area contributed by atoms with Gasteiger partial charge in [-0.1, -0.05) is 17.7 Å². The molecule has 0 amide bonds. The van der Waals surface area contributed by atoms with Crippen molar-refractivity contribution in [3.05, 3.63) is 29.3 Å². The number of carbonyl (C=O) groups is 1. The Labute approximate surface area is 99.8 Å². The summed E-state index contributed by atoms with van der Waals surface area (Å²) in [5, 5.41) is 9.19. The van der Waals surface area contributed by atoms with Crippen LogP contribution in [0, 0.1) is 6.92 Å². The molecule has 1 aromatic rings. The van der Waals surface area contributed by atoms with Crippen LogP contribution in [0.15, 0.2) is 23.1 Å². The Balaban J connectivity index is 2.56. The topological polar surface area (TPSA) is 46.5 Å². The van der Waals surface area contributed by atoms with Crippen LogP contribution in [0.1, 0.15) is 17.5 Å². The molecule has 0 aliphatic heterocycles. The summed E-state index contributed by atoms with van der Waals surface area (Å²) in [6, 6.07) is 5.93. The van der Waals surface area contributed by atoms with Crippen LogP contribution in [0.4, 0.5) is 0 Å². The average Bonchev–Trinajstić information content (AvgIpc) is 2.30. The molecule has 0 saturated carbocycles. The third kappa shape index (κ3) is 3.87. The minimum absolute atomic E-state index is 0.0300. The Kier molecular flexibility index (Phi) is 5.35. The lowest BCUT2D eigenvalue weighted by Crippen LogP contribution is -2.01. The lowest BCUT2D eigenvalue weighted by Gasteiger charge is -2.07. The van der Waals surface area contributed by atoms with E-state index in [4.69, 9.17) is 0 Å². The van der Waals surface area contributed by atoms with Gasteiger partial charge in [0.05, 0.1) is 20.1 Å². The van der Waals surface area contributed by atoms with E-state index in [0.29, 0.717) is 12.2 Å². The minimum Gasteiger partial charge on any atom is -0.469 e. The van der Waals surface area contributed by atoms with Gasteiger partial charge < -0.3 is 9.84 Å². The zero-order valence-electron chi connectivity index (χ0n) is 9.53. The van der Waals surface area contributed by atoms with Crippen LogP contribution in [0.5, 0.6) is 0 Å². The molecule has 1 N–H and O–H groups in total. The second kappa shape index (κ2) is 6.55. The third-order valence-corrected chi connectivity index (χ3v) is 3.30. The van der Waals surface area contributed by atoms with E-state index in [0.717, 1.165) is 16.0 Å². The fourth-order valence-corrected chi connectivity index (χ4v) is 2.28. The maximum Gasteiger partial charge on any atom is 0.306 e. The van der Waals surface area contributed by atoms with Crippen molar-refractivity contribution < 1.29 is 14.6 Å². The van der Waals surface area contributed by atoms with Crippen molar-refractivity contribution in [1.82, 2.24) is 0 Å². The number of hydrogen-bond donors (Lipinski definition) is 1. The van der Waals surface area contributed by atoms with Crippen molar-refractivity contribution in [1.29, 1.82) is 0 Å². The molecular formula is C12H16O3S. The van der Waals surface area contributed by atoms with Crippen LogP contribution in [0.3, 0.4) is 0 Å². The van der Waals surface area contributed by atoms with Crippen molar-refractivity contribution in [2.75, 3.05) is 12.9 Å². The molecule has 1 aromatic carbocycles. The lowest BCUT2D eigenvalue weighted by atomic mass is 10.1. The molecule has 0 aromatic heterocycles. The number of rotatable bonds is 5. The van der Waals surface area contributed by atoms with Crippen molar-refractivity contribution in [3.8, 4) is 0 Å². The molecule has 0 heterocycles. The standard InChI is InChI=1S/C12H16O3S/c1-9-3-4-11(10(7-9)8-13)16-6-5-12(14)15-2/h3-4,7,13H,5-6,8H2,1-2H3. The van der Waals surface area contributed by atoms with Gasteiger partial charge in [-0.15, -0.1) is 11.8 Å². The summed E-state index contributed by atoms with van der Waals surface area (Å²) in [7, 11) is 1.39. The maximum atomic E-state index is 10.9. The SMILES string of the molecule is COC(=O)CCSc1ccc(C)cc1CO. The molecule has 0 radical (unpaired) electrons. The quantitative estimate of drug-likeness (QED) is 0.632. The minimum atomic E-state index is -0.204. The van der Waals surface area contributed by atoms with Crippen molar-refractivity contribution >= 4 is 17.7 Å². The molecule has 88 valence electrons. The molecule has 0 spiro atoms. The number of aliphatic hydroxyl groups excluding tert-OH is 1. The van der Waals surface area contributed by atoms with E-state index >= 15 is 0 Å². The van der Waals surface area contributed by atoms with Gasteiger partial charge in [0.25, 0.3) is 0 Å². The van der Waals surface area contributed by atoms with Crippen molar-refractivity contribution in [2.24, 2.45) is 0 Å². The van der Waals surface area contributed by atoms with Crippen molar-refractivity contribution in [2.45, 2.75) is 24.8 Å². The van der Waals surface area contributed by atoms with Gasteiger partial charge in [-0.3, -0.25) is 4.79 Å². The Morgan fingerprint density at radius 2 is 2.25 bits per heavy atom. The molecule has 16 heavy (non-hydrogen) atoms. The number of aryl methyl sites for hydroxylation is 1. The predicted octanol–water partition coefficient (Wildman–Crippen LogP) is 2.14. The summed E-state index contributed by atoms with van der Waals surface area (Å²) in [6.07, 6.45) is 0.389. The van der Waals surface area contributed by atoms with Gasteiger partial charge in [0, 0.05) is 10.6 Å². The Morgan fingerprint density at radius 3 is 2.88 bits per heavy atom. The molecule has 0 aliphatic rings. The zero-order chi connectivity index (χ0) is 12.0. The average molecular weight is 240 g/mol. The summed E-state index contributed by atoms with van der Waals surface area (Å²) in [5.74, 6) is 0.466. The van der Waals surface area contributed by atoms with Crippen LogP contribution in [0.25, 0.3) is 0 Å². The van der Waals surface area contributed by atoms with Gasteiger partial charge in [-0.25, -0.2) is 0 Å². The second-order valence-electron chi connectivity index (χ2n) is 3.44. The van der Waals surface area contributed by atoms with E-state index in [1.54, 1.807) is 11.8 Å².